The summed E-state index contributed by atoms with van der Waals surface area (Å²) in [6.45, 7) is 0. The zero-order valence-corrected chi connectivity index (χ0v) is 15.8. The topological polar surface area (TPSA) is 63.8 Å². The summed E-state index contributed by atoms with van der Waals surface area (Å²) in [4.78, 5) is 4.42. The number of nitrogens with zero attached hydrogens (tertiary/aromatic N) is 3. The number of hydrogen-bond donors (Lipinski definition) is 1. The van der Waals surface area contributed by atoms with E-state index >= 15 is 0 Å². The van der Waals surface area contributed by atoms with Crippen molar-refractivity contribution in [1.82, 2.24) is 15.2 Å². The van der Waals surface area contributed by atoms with Gasteiger partial charge in [0.2, 0.25) is 11.0 Å². The van der Waals surface area contributed by atoms with Gasteiger partial charge in [0.25, 0.3) is 0 Å². The Balaban J connectivity index is 1.33. The fourth-order valence-corrected chi connectivity index (χ4v) is 4.72. The fourth-order valence-electron chi connectivity index (χ4n) is 3.01. The predicted octanol–water partition coefficient (Wildman–Crippen LogP) is 5.37. The standard InChI is InChI=1S/C18H19FN4OS2/c19-13-6-4-5-12(9-13)16-20-15(10-24-16)11-25-18-23-22-17(26-18)21-14-7-2-1-3-8-14/h4-6,9-10,14H,1-3,7-8,11H2,(H,21,22). The smallest absolute Gasteiger partial charge is 0.226 e. The van der Waals surface area contributed by atoms with Crippen molar-refractivity contribution in [2.75, 3.05) is 5.32 Å². The second-order valence-corrected chi connectivity index (χ2v) is 8.50. The van der Waals surface area contributed by atoms with E-state index in [4.69, 9.17) is 4.42 Å². The van der Waals surface area contributed by atoms with Gasteiger partial charge in [-0.25, -0.2) is 9.37 Å². The van der Waals surface area contributed by atoms with Gasteiger partial charge in [0.05, 0.1) is 5.69 Å². The summed E-state index contributed by atoms with van der Waals surface area (Å²) in [6, 6.07) is 6.76. The Kier molecular flexibility index (Phi) is 5.50. The van der Waals surface area contributed by atoms with Gasteiger partial charge in [-0.3, -0.25) is 0 Å². The number of rotatable bonds is 6. The van der Waals surface area contributed by atoms with Gasteiger partial charge in [-0.2, -0.15) is 0 Å². The molecule has 2 heterocycles. The Hall–Kier alpha value is -1.93. The monoisotopic (exact) mass is 390 g/mol. The summed E-state index contributed by atoms with van der Waals surface area (Å²) in [5.74, 6) is 0.761. The number of halogens is 1. The highest BCUT2D eigenvalue weighted by molar-refractivity contribution is 8.00. The first-order valence-corrected chi connectivity index (χ1v) is 10.5. The Morgan fingerprint density at radius 1 is 1.23 bits per heavy atom. The highest BCUT2D eigenvalue weighted by Crippen LogP contribution is 2.30. The molecule has 1 saturated carbocycles. The van der Waals surface area contributed by atoms with Crippen molar-refractivity contribution in [3.05, 3.63) is 42.0 Å². The van der Waals surface area contributed by atoms with Crippen LogP contribution >= 0.6 is 23.1 Å². The molecule has 4 rings (SSSR count). The Morgan fingerprint density at radius 3 is 2.96 bits per heavy atom. The Labute approximate surface area is 159 Å². The van der Waals surface area contributed by atoms with E-state index in [1.165, 1.54) is 44.2 Å². The van der Waals surface area contributed by atoms with E-state index in [1.807, 2.05) is 0 Å². The minimum atomic E-state index is -0.302. The summed E-state index contributed by atoms with van der Waals surface area (Å²) in [6.07, 6.45) is 7.95. The lowest BCUT2D eigenvalue weighted by atomic mass is 9.96. The highest BCUT2D eigenvalue weighted by Gasteiger charge is 2.15. The average Bonchev–Trinajstić information content (AvgIpc) is 3.30. The molecule has 1 N–H and O–H groups in total. The van der Waals surface area contributed by atoms with Crippen molar-refractivity contribution in [3.8, 4) is 11.5 Å². The molecule has 0 unspecified atom stereocenters. The summed E-state index contributed by atoms with van der Waals surface area (Å²) in [7, 11) is 0. The largest absolute Gasteiger partial charge is 0.444 e. The van der Waals surface area contributed by atoms with Crippen molar-refractivity contribution in [2.45, 2.75) is 48.2 Å². The molecule has 26 heavy (non-hydrogen) atoms. The molecule has 1 aliphatic carbocycles. The van der Waals surface area contributed by atoms with Crippen LogP contribution < -0.4 is 5.32 Å². The maximum absolute atomic E-state index is 13.3. The molecule has 0 saturated heterocycles. The van der Waals surface area contributed by atoms with Crippen molar-refractivity contribution in [3.63, 3.8) is 0 Å². The normalized spacial score (nSPS) is 15.3. The van der Waals surface area contributed by atoms with Gasteiger partial charge in [-0.05, 0) is 31.0 Å². The first kappa shape index (κ1) is 17.5. The maximum atomic E-state index is 13.3. The van der Waals surface area contributed by atoms with Gasteiger partial charge in [0.1, 0.15) is 12.1 Å². The van der Waals surface area contributed by atoms with Crippen molar-refractivity contribution in [1.29, 1.82) is 0 Å². The van der Waals surface area contributed by atoms with Crippen molar-refractivity contribution < 1.29 is 8.81 Å². The van der Waals surface area contributed by atoms with E-state index < -0.39 is 0 Å². The van der Waals surface area contributed by atoms with E-state index in [1.54, 1.807) is 41.5 Å². The second-order valence-electron chi connectivity index (χ2n) is 6.30. The minimum Gasteiger partial charge on any atom is -0.444 e. The van der Waals surface area contributed by atoms with E-state index in [9.17, 15) is 4.39 Å². The molecular weight excluding hydrogens is 371 g/mol. The number of hydrogen-bond acceptors (Lipinski definition) is 7. The SMILES string of the molecule is Fc1cccc(-c2nc(CSc3nnc(NC4CCCCC4)s3)co2)c1. The third-order valence-corrected chi connectivity index (χ3v) is 6.33. The van der Waals surface area contributed by atoms with E-state index in [-0.39, 0.29) is 5.82 Å². The van der Waals surface area contributed by atoms with Crippen LogP contribution in [0.2, 0.25) is 0 Å². The first-order chi connectivity index (χ1) is 12.8. The minimum absolute atomic E-state index is 0.302. The summed E-state index contributed by atoms with van der Waals surface area (Å²) in [5.41, 5.74) is 1.43. The van der Waals surface area contributed by atoms with Crippen LogP contribution in [0, 0.1) is 5.82 Å². The third kappa shape index (κ3) is 4.42. The van der Waals surface area contributed by atoms with Crippen LogP contribution in [0.3, 0.4) is 0 Å². The molecule has 1 aromatic carbocycles. The van der Waals surface area contributed by atoms with Gasteiger partial charge in [0, 0.05) is 17.4 Å². The molecule has 1 aliphatic rings. The zero-order valence-electron chi connectivity index (χ0n) is 14.2. The number of nitrogens with one attached hydrogen (secondary N) is 1. The van der Waals surface area contributed by atoms with Crippen LogP contribution in [0.25, 0.3) is 11.5 Å². The van der Waals surface area contributed by atoms with Gasteiger partial charge in [-0.15, -0.1) is 10.2 Å². The van der Waals surface area contributed by atoms with Crippen LogP contribution in [0.1, 0.15) is 37.8 Å². The Bertz CT molecular complexity index is 860. The molecule has 3 aromatic rings. The predicted molar refractivity (Wildman–Crippen MR) is 102 cm³/mol. The molecule has 0 amide bonds. The lowest BCUT2D eigenvalue weighted by Gasteiger charge is -2.21. The van der Waals surface area contributed by atoms with E-state index in [0.717, 1.165) is 15.2 Å². The van der Waals surface area contributed by atoms with Crippen LogP contribution in [0.5, 0.6) is 0 Å². The van der Waals surface area contributed by atoms with Gasteiger partial charge in [-0.1, -0.05) is 48.4 Å². The van der Waals surface area contributed by atoms with Gasteiger partial charge < -0.3 is 9.73 Å². The lowest BCUT2D eigenvalue weighted by Crippen LogP contribution is -2.21. The molecule has 0 aliphatic heterocycles. The van der Waals surface area contributed by atoms with Crippen molar-refractivity contribution in [2.24, 2.45) is 0 Å². The molecule has 0 bridgehead atoms. The molecule has 0 radical (unpaired) electrons. The molecule has 5 nitrogen and oxygen atoms in total. The number of anilines is 1. The molecule has 2 aromatic heterocycles. The Morgan fingerprint density at radius 2 is 2.12 bits per heavy atom. The first-order valence-electron chi connectivity index (χ1n) is 8.69. The maximum Gasteiger partial charge on any atom is 0.226 e. The lowest BCUT2D eigenvalue weighted by molar-refractivity contribution is 0.462. The average molecular weight is 391 g/mol. The van der Waals surface area contributed by atoms with Crippen molar-refractivity contribution >= 4 is 28.2 Å². The number of oxazole rings is 1. The summed E-state index contributed by atoms with van der Waals surface area (Å²) < 4.78 is 19.7. The summed E-state index contributed by atoms with van der Waals surface area (Å²) >= 11 is 3.15. The van der Waals surface area contributed by atoms with E-state index in [0.29, 0.717) is 23.2 Å². The molecule has 8 heteroatoms. The fraction of sp³-hybridized carbons (Fsp3) is 0.389. The molecule has 0 spiro atoms. The molecular formula is C18H19FN4OS2. The van der Waals surface area contributed by atoms with Crippen LogP contribution in [-0.4, -0.2) is 21.2 Å². The van der Waals surface area contributed by atoms with Gasteiger partial charge in [0.15, 0.2) is 4.34 Å². The highest BCUT2D eigenvalue weighted by atomic mass is 32.2. The number of aromatic nitrogens is 3. The van der Waals surface area contributed by atoms with E-state index in [2.05, 4.69) is 20.5 Å². The quantitative estimate of drug-likeness (QED) is 0.571. The van der Waals surface area contributed by atoms with Crippen LogP contribution in [0.15, 0.2) is 39.3 Å². The number of thioether (sulfide) groups is 1. The van der Waals surface area contributed by atoms with Crippen LogP contribution in [0.4, 0.5) is 9.52 Å². The van der Waals surface area contributed by atoms with Crippen LogP contribution in [-0.2, 0) is 5.75 Å². The number of benzene rings is 1. The molecule has 1 fully saturated rings. The third-order valence-electron chi connectivity index (χ3n) is 4.31. The zero-order chi connectivity index (χ0) is 17.8. The summed E-state index contributed by atoms with van der Waals surface area (Å²) in [5, 5.41) is 12.9. The second kappa shape index (κ2) is 8.18. The van der Waals surface area contributed by atoms with Gasteiger partial charge >= 0.3 is 0 Å². The molecule has 136 valence electrons. The molecule has 0 atom stereocenters.